The number of nitrogen functional groups attached to an aromatic ring is 1. The standard InChI is InChI=1S/C15H19N5/c1-4-19(3)15-13(9-16)14(17)20(18-15)10-12-7-5-6-11(2)8-12/h5-8H,4,10,17H2,1-3H3. The minimum atomic E-state index is 0.421. The van der Waals surface area contributed by atoms with Gasteiger partial charge >= 0.3 is 0 Å². The number of hydrogen-bond acceptors (Lipinski definition) is 4. The van der Waals surface area contributed by atoms with Gasteiger partial charge in [-0.15, -0.1) is 0 Å². The lowest BCUT2D eigenvalue weighted by Gasteiger charge is -2.12. The van der Waals surface area contributed by atoms with E-state index in [-0.39, 0.29) is 0 Å². The fraction of sp³-hybridized carbons (Fsp3) is 0.333. The highest BCUT2D eigenvalue weighted by molar-refractivity contribution is 5.64. The van der Waals surface area contributed by atoms with Crippen LogP contribution in [0.1, 0.15) is 23.6 Å². The molecule has 0 aliphatic rings. The zero-order chi connectivity index (χ0) is 14.7. The maximum atomic E-state index is 9.26. The molecule has 1 heterocycles. The SMILES string of the molecule is CCN(C)c1nn(Cc2cccc(C)c2)c(N)c1C#N. The van der Waals surface area contributed by atoms with Crippen molar-refractivity contribution in [3.05, 3.63) is 41.0 Å². The van der Waals surface area contributed by atoms with Crippen LogP contribution >= 0.6 is 0 Å². The quantitative estimate of drug-likeness (QED) is 0.923. The Balaban J connectivity index is 2.38. The van der Waals surface area contributed by atoms with Crippen molar-refractivity contribution in [3.63, 3.8) is 0 Å². The number of aromatic nitrogens is 2. The van der Waals surface area contributed by atoms with Gasteiger partial charge in [0.25, 0.3) is 0 Å². The first-order chi connectivity index (χ1) is 9.56. The molecule has 0 atom stereocenters. The summed E-state index contributed by atoms with van der Waals surface area (Å²) in [6, 6.07) is 10.3. The second-order valence-electron chi connectivity index (χ2n) is 4.86. The van der Waals surface area contributed by atoms with Crippen molar-refractivity contribution in [2.24, 2.45) is 0 Å². The predicted octanol–water partition coefficient (Wildman–Crippen LogP) is 2.15. The van der Waals surface area contributed by atoms with Crippen molar-refractivity contribution in [2.45, 2.75) is 20.4 Å². The Labute approximate surface area is 119 Å². The highest BCUT2D eigenvalue weighted by Gasteiger charge is 2.17. The lowest BCUT2D eigenvalue weighted by molar-refractivity contribution is 0.691. The van der Waals surface area contributed by atoms with Crippen LogP contribution in [0.2, 0.25) is 0 Å². The van der Waals surface area contributed by atoms with Crippen LogP contribution in [-0.4, -0.2) is 23.4 Å². The predicted molar refractivity (Wildman–Crippen MR) is 80.6 cm³/mol. The van der Waals surface area contributed by atoms with Crippen LogP contribution < -0.4 is 10.6 Å². The second-order valence-corrected chi connectivity index (χ2v) is 4.86. The summed E-state index contributed by atoms with van der Waals surface area (Å²) < 4.78 is 1.69. The van der Waals surface area contributed by atoms with Crippen LogP contribution in [-0.2, 0) is 6.54 Å². The second kappa shape index (κ2) is 5.66. The fourth-order valence-electron chi connectivity index (χ4n) is 2.09. The molecule has 5 nitrogen and oxygen atoms in total. The van der Waals surface area contributed by atoms with Crippen molar-refractivity contribution in [1.82, 2.24) is 9.78 Å². The first-order valence-corrected chi connectivity index (χ1v) is 6.59. The van der Waals surface area contributed by atoms with Gasteiger partial charge in [0.05, 0.1) is 6.54 Å². The van der Waals surface area contributed by atoms with Crippen LogP contribution in [0.4, 0.5) is 11.6 Å². The average Bonchev–Trinajstić information content (AvgIpc) is 2.74. The van der Waals surface area contributed by atoms with Gasteiger partial charge in [0.1, 0.15) is 17.5 Å². The number of nitrogens with zero attached hydrogens (tertiary/aromatic N) is 4. The Morgan fingerprint density at radius 2 is 2.20 bits per heavy atom. The first-order valence-electron chi connectivity index (χ1n) is 6.59. The highest BCUT2D eigenvalue weighted by Crippen LogP contribution is 2.24. The molecule has 0 radical (unpaired) electrons. The van der Waals surface area contributed by atoms with E-state index in [2.05, 4.69) is 17.2 Å². The Hall–Kier alpha value is -2.48. The zero-order valence-corrected chi connectivity index (χ0v) is 12.1. The average molecular weight is 269 g/mol. The summed E-state index contributed by atoms with van der Waals surface area (Å²) in [6.07, 6.45) is 0. The minimum absolute atomic E-state index is 0.421. The summed E-state index contributed by atoms with van der Waals surface area (Å²) in [6.45, 7) is 5.40. The van der Waals surface area contributed by atoms with E-state index in [1.807, 2.05) is 44.0 Å². The van der Waals surface area contributed by atoms with Crippen LogP contribution in [0, 0.1) is 18.3 Å². The van der Waals surface area contributed by atoms with Gasteiger partial charge in [0, 0.05) is 13.6 Å². The molecule has 0 aliphatic carbocycles. The summed E-state index contributed by atoms with van der Waals surface area (Å²) in [5, 5.41) is 13.7. The molecule has 0 saturated heterocycles. The van der Waals surface area contributed by atoms with Crippen LogP contribution in [0.5, 0.6) is 0 Å². The van der Waals surface area contributed by atoms with Crippen LogP contribution in [0.3, 0.4) is 0 Å². The van der Waals surface area contributed by atoms with Crippen molar-refractivity contribution >= 4 is 11.6 Å². The molecule has 0 saturated carbocycles. The summed E-state index contributed by atoms with van der Waals surface area (Å²) in [7, 11) is 1.90. The molecule has 0 aliphatic heterocycles. The molecule has 2 N–H and O–H groups in total. The molecule has 2 aromatic rings. The number of benzene rings is 1. The van der Waals surface area contributed by atoms with Crippen molar-refractivity contribution in [3.8, 4) is 6.07 Å². The van der Waals surface area contributed by atoms with Gasteiger partial charge in [-0.2, -0.15) is 10.4 Å². The molecule has 104 valence electrons. The van der Waals surface area contributed by atoms with Gasteiger partial charge < -0.3 is 10.6 Å². The van der Waals surface area contributed by atoms with Gasteiger partial charge in [0.2, 0.25) is 0 Å². The Morgan fingerprint density at radius 3 is 2.80 bits per heavy atom. The Kier molecular flexibility index (Phi) is 3.94. The summed E-state index contributed by atoms with van der Waals surface area (Å²) in [5.41, 5.74) is 8.80. The largest absolute Gasteiger partial charge is 0.383 e. The number of nitriles is 1. The van der Waals surface area contributed by atoms with Crippen LogP contribution in [0.25, 0.3) is 0 Å². The summed E-state index contributed by atoms with van der Waals surface area (Å²) in [5.74, 6) is 1.06. The number of anilines is 2. The van der Waals surface area contributed by atoms with E-state index in [4.69, 9.17) is 5.73 Å². The molecule has 0 amide bonds. The monoisotopic (exact) mass is 269 g/mol. The maximum absolute atomic E-state index is 9.26. The van der Waals surface area contributed by atoms with E-state index < -0.39 is 0 Å². The smallest absolute Gasteiger partial charge is 0.170 e. The molecular formula is C15H19N5. The molecule has 0 bridgehead atoms. The summed E-state index contributed by atoms with van der Waals surface area (Å²) in [4.78, 5) is 1.92. The molecular weight excluding hydrogens is 250 g/mol. The molecule has 5 heteroatoms. The van der Waals surface area contributed by atoms with Crippen LogP contribution in [0.15, 0.2) is 24.3 Å². The van der Waals surface area contributed by atoms with E-state index in [0.717, 1.165) is 12.1 Å². The maximum Gasteiger partial charge on any atom is 0.170 e. The van der Waals surface area contributed by atoms with Crippen molar-refractivity contribution in [1.29, 1.82) is 5.26 Å². The summed E-state index contributed by atoms with van der Waals surface area (Å²) >= 11 is 0. The van der Waals surface area contributed by atoms with Crippen molar-refractivity contribution < 1.29 is 0 Å². The minimum Gasteiger partial charge on any atom is -0.383 e. The van der Waals surface area contributed by atoms with Gasteiger partial charge in [0.15, 0.2) is 5.82 Å². The molecule has 0 spiro atoms. The normalized spacial score (nSPS) is 10.3. The first kappa shape index (κ1) is 13.9. The third-order valence-electron chi connectivity index (χ3n) is 3.34. The number of rotatable bonds is 4. The van der Waals surface area contributed by atoms with E-state index in [1.165, 1.54) is 5.56 Å². The number of hydrogen-bond donors (Lipinski definition) is 1. The number of nitrogens with two attached hydrogens (primary N) is 1. The highest BCUT2D eigenvalue weighted by atomic mass is 15.4. The fourth-order valence-corrected chi connectivity index (χ4v) is 2.09. The topological polar surface area (TPSA) is 70.9 Å². The Bertz CT molecular complexity index is 651. The molecule has 2 rings (SSSR count). The third kappa shape index (κ3) is 2.59. The lowest BCUT2D eigenvalue weighted by Crippen LogP contribution is -2.17. The Morgan fingerprint density at radius 1 is 1.45 bits per heavy atom. The van der Waals surface area contributed by atoms with E-state index in [1.54, 1.807) is 4.68 Å². The molecule has 1 aromatic carbocycles. The molecule has 1 aromatic heterocycles. The molecule has 0 fully saturated rings. The molecule has 0 unspecified atom stereocenters. The zero-order valence-electron chi connectivity index (χ0n) is 12.1. The van der Waals surface area contributed by atoms with Gasteiger partial charge in [-0.3, -0.25) is 0 Å². The lowest BCUT2D eigenvalue weighted by atomic mass is 10.1. The van der Waals surface area contributed by atoms with E-state index in [9.17, 15) is 5.26 Å². The third-order valence-corrected chi connectivity index (χ3v) is 3.34. The van der Waals surface area contributed by atoms with Gasteiger partial charge in [-0.25, -0.2) is 4.68 Å². The number of aryl methyl sites for hydroxylation is 1. The van der Waals surface area contributed by atoms with Gasteiger partial charge in [-0.05, 0) is 19.4 Å². The van der Waals surface area contributed by atoms with Crippen molar-refractivity contribution in [2.75, 3.05) is 24.2 Å². The van der Waals surface area contributed by atoms with Gasteiger partial charge in [-0.1, -0.05) is 29.8 Å². The molecule has 20 heavy (non-hydrogen) atoms. The van der Waals surface area contributed by atoms with E-state index in [0.29, 0.717) is 23.7 Å². The van der Waals surface area contributed by atoms with E-state index >= 15 is 0 Å².